The third-order valence-corrected chi connectivity index (χ3v) is 6.85. The molecule has 0 atom stereocenters. The van der Waals surface area contributed by atoms with Gasteiger partial charge in [0.05, 0.1) is 5.02 Å². The molecule has 0 aromatic heterocycles. The van der Waals surface area contributed by atoms with Crippen molar-refractivity contribution in [1.82, 2.24) is 10.0 Å². The Morgan fingerprint density at radius 2 is 1.74 bits per heavy atom. The quantitative estimate of drug-likeness (QED) is 0.772. The van der Waals surface area contributed by atoms with Gasteiger partial charge in [0, 0.05) is 21.6 Å². The van der Waals surface area contributed by atoms with Crippen LogP contribution in [0, 0.1) is 6.92 Å². The average molecular weight is 424 g/mol. The molecule has 1 aromatic carbocycles. The molecule has 2 rings (SSSR count). The number of aryl methyl sites for hydroxylation is 1. The molecule has 4 nitrogen and oxygen atoms in total. The summed E-state index contributed by atoms with van der Waals surface area (Å²) < 4.78 is 29.2. The lowest BCUT2D eigenvalue weighted by atomic mass is 9.80. The number of piperidine rings is 1. The highest BCUT2D eigenvalue weighted by atomic mass is 79.9. The predicted molar refractivity (Wildman–Crippen MR) is 98.5 cm³/mol. The lowest BCUT2D eigenvalue weighted by Gasteiger charge is -2.46. The van der Waals surface area contributed by atoms with Gasteiger partial charge in [-0.05, 0) is 65.2 Å². The van der Waals surface area contributed by atoms with Crippen molar-refractivity contribution in [2.45, 2.75) is 69.5 Å². The first kappa shape index (κ1) is 19.2. The van der Waals surface area contributed by atoms with Crippen molar-refractivity contribution in [2.75, 3.05) is 0 Å². The number of hydrogen-bond acceptors (Lipinski definition) is 3. The van der Waals surface area contributed by atoms with Crippen molar-refractivity contribution in [3.05, 3.63) is 27.2 Å². The molecule has 1 aliphatic heterocycles. The number of hydrogen-bond donors (Lipinski definition) is 2. The van der Waals surface area contributed by atoms with Gasteiger partial charge in [0.25, 0.3) is 0 Å². The van der Waals surface area contributed by atoms with Crippen LogP contribution < -0.4 is 10.0 Å². The maximum absolute atomic E-state index is 12.8. The SMILES string of the molecule is Cc1cc(S(=O)(=O)NC2CC(C)(C)NC(C)(C)C2)c(Cl)cc1Br. The zero-order valence-electron chi connectivity index (χ0n) is 14.1. The van der Waals surface area contributed by atoms with Crippen molar-refractivity contribution in [3.63, 3.8) is 0 Å². The van der Waals surface area contributed by atoms with Crippen molar-refractivity contribution in [1.29, 1.82) is 0 Å². The summed E-state index contributed by atoms with van der Waals surface area (Å²) in [5.41, 5.74) is 0.573. The molecule has 1 aliphatic rings. The van der Waals surface area contributed by atoms with E-state index in [1.54, 1.807) is 12.1 Å². The van der Waals surface area contributed by atoms with E-state index in [0.717, 1.165) is 22.9 Å². The lowest BCUT2D eigenvalue weighted by molar-refractivity contribution is 0.157. The molecule has 0 radical (unpaired) electrons. The Kier molecular flexibility index (Phi) is 5.26. The van der Waals surface area contributed by atoms with Gasteiger partial charge in [0.2, 0.25) is 10.0 Å². The third kappa shape index (κ3) is 4.69. The minimum absolute atomic E-state index is 0.131. The van der Waals surface area contributed by atoms with Crippen molar-refractivity contribution < 1.29 is 8.42 Å². The zero-order chi connectivity index (χ0) is 17.6. The second-order valence-corrected chi connectivity index (χ2v) is 10.6. The molecule has 0 unspecified atom stereocenters. The molecular weight excluding hydrogens is 400 g/mol. The first-order valence-corrected chi connectivity index (χ1v) is 10.2. The van der Waals surface area contributed by atoms with E-state index in [4.69, 9.17) is 11.6 Å². The largest absolute Gasteiger partial charge is 0.307 e. The molecule has 1 aromatic rings. The van der Waals surface area contributed by atoms with Crippen molar-refractivity contribution in [2.24, 2.45) is 0 Å². The first-order valence-electron chi connectivity index (χ1n) is 7.59. The summed E-state index contributed by atoms with van der Waals surface area (Å²) in [4.78, 5) is 0.133. The van der Waals surface area contributed by atoms with E-state index in [1.165, 1.54) is 0 Å². The summed E-state index contributed by atoms with van der Waals surface area (Å²) in [6.07, 6.45) is 1.45. The Morgan fingerprint density at radius 1 is 1.22 bits per heavy atom. The van der Waals surface area contributed by atoms with Crippen molar-refractivity contribution >= 4 is 37.6 Å². The molecule has 0 bridgehead atoms. The fraction of sp³-hybridized carbons (Fsp3) is 0.625. The van der Waals surface area contributed by atoms with E-state index in [2.05, 4.69) is 53.7 Å². The summed E-state index contributed by atoms with van der Waals surface area (Å²) in [6.45, 7) is 10.2. The van der Waals surface area contributed by atoms with Gasteiger partial charge in [-0.2, -0.15) is 0 Å². The number of nitrogens with one attached hydrogen (secondary N) is 2. The number of rotatable bonds is 3. The van der Waals surface area contributed by atoms with E-state index in [9.17, 15) is 8.42 Å². The third-order valence-electron chi connectivity index (χ3n) is 4.01. The van der Waals surface area contributed by atoms with Crippen LogP contribution in [0.15, 0.2) is 21.5 Å². The minimum Gasteiger partial charge on any atom is -0.307 e. The topological polar surface area (TPSA) is 58.2 Å². The van der Waals surface area contributed by atoms with Crippen LogP contribution in [0.5, 0.6) is 0 Å². The summed E-state index contributed by atoms with van der Waals surface area (Å²) in [7, 11) is -3.66. The van der Waals surface area contributed by atoms with Crippen molar-refractivity contribution in [3.8, 4) is 0 Å². The van der Waals surface area contributed by atoms with Crippen LogP contribution in [-0.4, -0.2) is 25.5 Å². The van der Waals surface area contributed by atoms with Gasteiger partial charge >= 0.3 is 0 Å². The fourth-order valence-electron chi connectivity index (χ4n) is 3.53. The molecule has 1 saturated heterocycles. The van der Waals surface area contributed by atoms with Gasteiger partial charge in [0.1, 0.15) is 4.90 Å². The van der Waals surface area contributed by atoms with Gasteiger partial charge in [-0.1, -0.05) is 27.5 Å². The molecule has 1 fully saturated rings. The van der Waals surface area contributed by atoms with Crippen LogP contribution in [0.2, 0.25) is 5.02 Å². The van der Waals surface area contributed by atoms with Crippen LogP contribution >= 0.6 is 27.5 Å². The molecule has 0 aliphatic carbocycles. The molecule has 0 saturated carbocycles. The molecule has 1 heterocycles. The number of halogens is 2. The van der Waals surface area contributed by atoms with Gasteiger partial charge < -0.3 is 5.32 Å². The predicted octanol–water partition coefficient (Wildman–Crippen LogP) is 4.00. The maximum atomic E-state index is 12.8. The Morgan fingerprint density at radius 3 is 2.26 bits per heavy atom. The highest BCUT2D eigenvalue weighted by Crippen LogP contribution is 2.32. The first-order chi connectivity index (χ1) is 10.3. The van der Waals surface area contributed by atoms with Gasteiger partial charge in [-0.3, -0.25) is 0 Å². The Balaban J connectivity index is 2.30. The molecule has 23 heavy (non-hydrogen) atoms. The highest BCUT2D eigenvalue weighted by molar-refractivity contribution is 9.10. The second-order valence-electron chi connectivity index (χ2n) is 7.65. The lowest BCUT2D eigenvalue weighted by Crippen LogP contribution is -2.62. The smallest absolute Gasteiger partial charge is 0.242 e. The second kappa shape index (κ2) is 6.30. The minimum atomic E-state index is -3.66. The van der Waals surface area contributed by atoms with Crippen LogP contribution in [-0.2, 0) is 10.0 Å². The number of sulfonamides is 1. The zero-order valence-corrected chi connectivity index (χ0v) is 17.3. The van der Waals surface area contributed by atoms with Crippen LogP contribution in [0.1, 0.15) is 46.1 Å². The van der Waals surface area contributed by atoms with E-state index >= 15 is 0 Å². The normalized spacial score (nSPS) is 21.3. The van der Waals surface area contributed by atoms with E-state index < -0.39 is 10.0 Å². The van der Waals surface area contributed by atoms with E-state index in [1.807, 2.05) is 6.92 Å². The highest BCUT2D eigenvalue weighted by Gasteiger charge is 2.39. The number of benzene rings is 1. The van der Waals surface area contributed by atoms with Crippen LogP contribution in [0.3, 0.4) is 0 Å². The van der Waals surface area contributed by atoms with Gasteiger partial charge in [-0.25, -0.2) is 13.1 Å². The molecule has 2 N–H and O–H groups in total. The van der Waals surface area contributed by atoms with Crippen LogP contribution in [0.25, 0.3) is 0 Å². The van der Waals surface area contributed by atoms with Crippen LogP contribution in [0.4, 0.5) is 0 Å². The Bertz CT molecular complexity index is 701. The molecule has 0 amide bonds. The summed E-state index contributed by atoms with van der Waals surface area (Å²) in [5.74, 6) is 0. The van der Waals surface area contributed by atoms with Gasteiger partial charge in [0.15, 0.2) is 0 Å². The summed E-state index contributed by atoms with van der Waals surface area (Å²) >= 11 is 9.52. The Hall–Kier alpha value is -0.140. The molecule has 130 valence electrons. The maximum Gasteiger partial charge on any atom is 0.242 e. The standard InChI is InChI=1S/C16H24BrClN2O2S/c1-10-6-14(13(18)7-12(10)17)23(21,22)19-11-8-15(2,3)20-16(4,5)9-11/h6-7,11,19-20H,8-9H2,1-5H3. The summed E-state index contributed by atoms with van der Waals surface area (Å²) in [6, 6.07) is 3.10. The summed E-state index contributed by atoms with van der Waals surface area (Å²) in [5, 5.41) is 3.77. The van der Waals surface area contributed by atoms with Gasteiger partial charge in [-0.15, -0.1) is 0 Å². The fourth-order valence-corrected chi connectivity index (χ4v) is 5.85. The molecule has 7 heteroatoms. The Labute approximate surface area is 152 Å². The molecular formula is C16H24BrClN2O2S. The molecule has 0 spiro atoms. The van der Waals surface area contributed by atoms with E-state index in [0.29, 0.717) is 0 Å². The average Bonchev–Trinajstić information content (AvgIpc) is 2.28. The van der Waals surface area contributed by atoms with E-state index in [-0.39, 0.29) is 27.0 Å². The monoisotopic (exact) mass is 422 g/mol.